The number of halogens is 4. The fourth-order valence-corrected chi connectivity index (χ4v) is 3.13. The minimum Gasteiger partial charge on any atom is -0.506 e. The number of thiazole rings is 1. The second kappa shape index (κ2) is 6.18. The Labute approximate surface area is 143 Å². The van der Waals surface area contributed by atoms with E-state index >= 15 is 0 Å². The molecule has 3 nitrogen and oxygen atoms in total. The van der Waals surface area contributed by atoms with Crippen LogP contribution in [0, 0.1) is 17.1 Å². The number of nitrogens with zero attached hydrogens (tertiary/aromatic N) is 2. The van der Waals surface area contributed by atoms with Gasteiger partial charge in [-0.15, -0.1) is 11.3 Å². The Bertz CT molecular complexity index is 1030. The molecular weight excluding hydrogens is 356 g/mol. The van der Waals surface area contributed by atoms with E-state index in [1.165, 1.54) is 24.3 Å². The SMILES string of the molecule is N#C/C(=C(/O)c1cccc(F)c1)c1nc2cc(C(F)(F)F)ccc2s1. The number of aliphatic hydroxyl groups excluding tert-OH is 1. The quantitative estimate of drug-likeness (QED) is 0.376. The first-order valence-corrected chi connectivity index (χ1v) is 7.68. The van der Waals surface area contributed by atoms with Crippen LogP contribution in [-0.4, -0.2) is 10.1 Å². The lowest BCUT2D eigenvalue weighted by Gasteiger charge is -2.04. The molecule has 3 rings (SSSR count). The van der Waals surface area contributed by atoms with Crippen molar-refractivity contribution >= 4 is 32.9 Å². The number of alkyl halides is 3. The molecule has 1 aromatic heterocycles. The molecule has 3 aromatic rings. The van der Waals surface area contributed by atoms with Gasteiger partial charge in [0.15, 0.2) is 0 Å². The molecule has 0 bridgehead atoms. The highest BCUT2D eigenvalue weighted by atomic mass is 32.1. The van der Waals surface area contributed by atoms with Gasteiger partial charge in [0.2, 0.25) is 0 Å². The summed E-state index contributed by atoms with van der Waals surface area (Å²) in [7, 11) is 0. The number of nitriles is 1. The maximum Gasteiger partial charge on any atom is 0.416 e. The normalized spacial score (nSPS) is 12.8. The summed E-state index contributed by atoms with van der Waals surface area (Å²) in [6, 6.07) is 9.83. The monoisotopic (exact) mass is 364 g/mol. The van der Waals surface area contributed by atoms with Gasteiger partial charge in [0.05, 0.1) is 15.8 Å². The Hall–Kier alpha value is -2.92. The van der Waals surface area contributed by atoms with E-state index in [9.17, 15) is 27.9 Å². The van der Waals surface area contributed by atoms with E-state index in [4.69, 9.17) is 0 Å². The molecule has 0 amide bonds. The Morgan fingerprint density at radius 3 is 2.56 bits per heavy atom. The second-order valence-corrected chi connectivity index (χ2v) is 6.08. The van der Waals surface area contributed by atoms with Crippen LogP contribution < -0.4 is 0 Å². The Morgan fingerprint density at radius 2 is 1.92 bits per heavy atom. The largest absolute Gasteiger partial charge is 0.506 e. The third-order valence-corrected chi connectivity index (χ3v) is 4.43. The number of hydrogen-bond acceptors (Lipinski definition) is 4. The minimum atomic E-state index is -4.50. The highest BCUT2D eigenvalue weighted by molar-refractivity contribution is 7.19. The smallest absolute Gasteiger partial charge is 0.416 e. The Balaban J connectivity index is 2.13. The van der Waals surface area contributed by atoms with Crippen LogP contribution in [-0.2, 0) is 6.18 Å². The average molecular weight is 364 g/mol. The first-order chi connectivity index (χ1) is 11.8. The van der Waals surface area contributed by atoms with Crippen molar-refractivity contribution in [3.63, 3.8) is 0 Å². The van der Waals surface area contributed by atoms with Gasteiger partial charge in [-0.05, 0) is 30.3 Å². The molecule has 0 radical (unpaired) electrons. The number of rotatable bonds is 2. The third kappa shape index (κ3) is 3.32. The maximum absolute atomic E-state index is 13.3. The summed E-state index contributed by atoms with van der Waals surface area (Å²) in [5.41, 5.74) is -0.949. The predicted molar refractivity (Wildman–Crippen MR) is 86.1 cm³/mol. The van der Waals surface area contributed by atoms with Crippen LogP contribution in [0.2, 0.25) is 0 Å². The molecule has 0 atom stereocenters. The van der Waals surface area contributed by atoms with Gasteiger partial charge in [-0.1, -0.05) is 12.1 Å². The van der Waals surface area contributed by atoms with Gasteiger partial charge in [-0.25, -0.2) is 9.37 Å². The molecule has 0 aliphatic rings. The van der Waals surface area contributed by atoms with Crippen LogP contribution >= 0.6 is 11.3 Å². The second-order valence-electron chi connectivity index (χ2n) is 5.05. The van der Waals surface area contributed by atoms with Crippen molar-refractivity contribution in [2.24, 2.45) is 0 Å². The zero-order chi connectivity index (χ0) is 18.2. The zero-order valence-electron chi connectivity index (χ0n) is 12.3. The van der Waals surface area contributed by atoms with Crippen LogP contribution in [0.3, 0.4) is 0 Å². The molecule has 1 heterocycles. The van der Waals surface area contributed by atoms with Crippen molar-refractivity contribution in [3.05, 3.63) is 64.4 Å². The molecule has 1 N–H and O–H groups in total. The molecular formula is C17H8F4N2OS. The van der Waals surface area contributed by atoms with Crippen molar-refractivity contribution in [2.75, 3.05) is 0 Å². The summed E-state index contributed by atoms with van der Waals surface area (Å²) < 4.78 is 52.0. The van der Waals surface area contributed by atoms with Gasteiger partial charge in [0.1, 0.15) is 28.2 Å². The van der Waals surface area contributed by atoms with E-state index in [0.717, 1.165) is 29.5 Å². The highest BCUT2D eigenvalue weighted by Crippen LogP contribution is 2.35. The molecule has 126 valence electrons. The summed E-state index contributed by atoms with van der Waals surface area (Å²) in [6.45, 7) is 0. The van der Waals surface area contributed by atoms with Crippen molar-refractivity contribution in [1.82, 2.24) is 4.98 Å². The summed E-state index contributed by atoms with van der Waals surface area (Å²) in [5, 5.41) is 19.6. The number of hydrogen-bond donors (Lipinski definition) is 1. The lowest BCUT2D eigenvalue weighted by molar-refractivity contribution is -0.137. The summed E-state index contributed by atoms with van der Waals surface area (Å²) >= 11 is 0.964. The van der Waals surface area contributed by atoms with Gasteiger partial charge in [0.25, 0.3) is 0 Å². The minimum absolute atomic E-state index is 0.0542. The lowest BCUT2D eigenvalue weighted by atomic mass is 10.1. The van der Waals surface area contributed by atoms with Crippen molar-refractivity contribution in [1.29, 1.82) is 5.26 Å². The number of allylic oxidation sites excluding steroid dienone is 1. The van der Waals surface area contributed by atoms with Gasteiger partial charge >= 0.3 is 6.18 Å². The molecule has 2 aromatic carbocycles. The van der Waals surface area contributed by atoms with E-state index in [1.807, 2.05) is 0 Å². The number of benzene rings is 2. The van der Waals surface area contributed by atoms with Crippen molar-refractivity contribution < 1.29 is 22.7 Å². The van der Waals surface area contributed by atoms with Gasteiger partial charge in [-0.2, -0.15) is 18.4 Å². The van der Waals surface area contributed by atoms with Crippen LogP contribution in [0.1, 0.15) is 16.1 Å². The topological polar surface area (TPSA) is 56.9 Å². The Kier molecular flexibility index (Phi) is 4.18. The molecule has 0 saturated heterocycles. The zero-order valence-corrected chi connectivity index (χ0v) is 13.1. The first-order valence-electron chi connectivity index (χ1n) is 6.87. The molecule has 0 unspecified atom stereocenters. The molecule has 8 heteroatoms. The average Bonchev–Trinajstić information content (AvgIpc) is 2.97. The fourth-order valence-electron chi connectivity index (χ4n) is 2.19. The number of aromatic nitrogens is 1. The summed E-state index contributed by atoms with van der Waals surface area (Å²) in [5.74, 6) is -1.09. The fraction of sp³-hybridized carbons (Fsp3) is 0.0588. The standard InChI is InChI=1S/C17H8F4N2OS/c18-11-3-1-2-9(6-11)15(24)12(8-22)16-23-13-7-10(17(19,20)21)4-5-14(13)25-16/h1-7,24H/b15-12-. The third-order valence-electron chi connectivity index (χ3n) is 3.38. The summed E-state index contributed by atoms with van der Waals surface area (Å²) in [6.07, 6.45) is -4.50. The van der Waals surface area contributed by atoms with E-state index in [2.05, 4.69) is 4.98 Å². The van der Waals surface area contributed by atoms with Gasteiger partial charge < -0.3 is 5.11 Å². The molecule has 0 aliphatic carbocycles. The van der Waals surface area contributed by atoms with E-state index < -0.39 is 23.3 Å². The molecule has 25 heavy (non-hydrogen) atoms. The van der Waals surface area contributed by atoms with Crippen LogP contribution in [0.15, 0.2) is 42.5 Å². The van der Waals surface area contributed by atoms with Crippen LogP contribution in [0.4, 0.5) is 17.6 Å². The molecule has 0 spiro atoms. The van der Waals surface area contributed by atoms with E-state index in [-0.39, 0.29) is 21.7 Å². The maximum atomic E-state index is 13.3. The van der Waals surface area contributed by atoms with E-state index in [1.54, 1.807) is 6.07 Å². The Morgan fingerprint density at radius 1 is 1.16 bits per heavy atom. The molecule has 0 saturated carbocycles. The first kappa shape index (κ1) is 16.9. The summed E-state index contributed by atoms with van der Waals surface area (Å²) in [4.78, 5) is 4.01. The van der Waals surface area contributed by atoms with Crippen molar-refractivity contribution in [3.8, 4) is 6.07 Å². The molecule has 0 fully saturated rings. The van der Waals surface area contributed by atoms with Gasteiger partial charge in [0, 0.05) is 5.56 Å². The van der Waals surface area contributed by atoms with Crippen LogP contribution in [0.25, 0.3) is 21.5 Å². The lowest BCUT2D eigenvalue weighted by Crippen LogP contribution is -2.03. The predicted octanol–water partition coefficient (Wildman–Crippen LogP) is 5.40. The van der Waals surface area contributed by atoms with E-state index in [0.29, 0.717) is 4.70 Å². The van der Waals surface area contributed by atoms with Gasteiger partial charge in [-0.3, -0.25) is 0 Å². The number of aliphatic hydroxyl groups is 1. The highest BCUT2D eigenvalue weighted by Gasteiger charge is 2.31. The van der Waals surface area contributed by atoms with Crippen LogP contribution in [0.5, 0.6) is 0 Å². The molecule has 0 aliphatic heterocycles. The number of fused-ring (bicyclic) bond motifs is 1. The van der Waals surface area contributed by atoms with Crippen molar-refractivity contribution in [2.45, 2.75) is 6.18 Å².